The summed E-state index contributed by atoms with van der Waals surface area (Å²) < 4.78 is 41.8. The first kappa shape index (κ1) is 22.0. The summed E-state index contributed by atoms with van der Waals surface area (Å²) in [7, 11) is 0. The molecule has 0 unspecified atom stereocenters. The molecule has 0 fully saturated rings. The van der Waals surface area contributed by atoms with Gasteiger partial charge in [0.15, 0.2) is 6.61 Å². The number of pyridine rings is 1. The zero-order valence-corrected chi connectivity index (χ0v) is 16.5. The summed E-state index contributed by atoms with van der Waals surface area (Å²) >= 11 is 9.07. The normalized spacial score (nSPS) is 11.0. The van der Waals surface area contributed by atoms with Gasteiger partial charge in [-0.05, 0) is 30.3 Å². The summed E-state index contributed by atoms with van der Waals surface area (Å²) in [6.45, 7) is -1.50. The molecular weight excluding hydrogens is 467 g/mol. The van der Waals surface area contributed by atoms with Crippen LogP contribution in [0.15, 0.2) is 41.0 Å². The van der Waals surface area contributed by atoms with E-state index in [1.165, 1.54) is 0 Å². The van der Waals surface area contributed by atoms with Gasteiger partial charge in [-0.25, -0.2) is 4.98 Å². The molecule has 0 aliphatic carbocycles. The molecule has 0 saturated carbocycles. The average Bonchev–Trinajstić information content (AvgIpc) is 2.61. The maximum Gasteiger partial charge on any atom is 0.422 e. The molecule has 0 aliphatic heterocycles. The second-order valence-corrected chi connectivity index (χ2v) is 6.80. The van der Waals surface area contributed by atoms with Crippen molar-refractivity contribution < 1.29 is 27.5 Å². The van der Waals surface area contributed by atoms with Crippen LogP contribution in [0.25, 0.3) is 0 Å². The van der Waals surface area contributed by atoms with Crippen molar-refractivity contribution in [2.24, 2.45) is 0 Å². The molecule has 2 rings (SSSR count). The highest BCUT2D eigenvalue weighted by Gasteiger charge is 2.29. The van der Waals surface area contributed by atoms with Crippen molar-refractivity contribution in [2.75, 3.05) is 18.5 Å². The van der Waals surface area contributed by atoms with E-state index in [-0.39, 0.29) is 29.5 Å². The van der Waals surface area contributed by atoms with Gasteiger partial charge < -0.3 is 15.4 Å². The van der Waals surface area contributed by atoms with Crippen LogP contribution >= 0.6 is 27.5 Å². The van der Waals surface area contributed by atoms with E-state index in [0.29, 0.717) is 5.69 Å². The summed E-state index contributed by atoms with van der Waals surface area (Å²) in [5.41, 5.74) is 0.641. The smallest absolute Gasteiger partial charge is 0.422 e. The number of alkyl halides is 3. The SMILES string of the molecule is O=C(CCNC(=O)c1cnc(OCC(F)(F)F)c(Cl)c1)Nc1ccc(Br)cc1. The molecule has 28 heavy (non-hydrogen) atoms. The number of ether oxygens (including phenoxy) is 1. The van der Waals surface area contributed by atoms with Crippen molar-refractivity contribution in [1.29, 1.82) is 0 Å². The van der Waals surface area contributed by atoms with Crippen LogP contribution in [0, 0.1) is 0 Å². The minimum Gasteiger partial charge on any atom is -0.467 e. The number of hydrogen-bond acceptors (Lipinski definition) is 4. The van der Waals surface area contributed by atoms with E-state index in [4.69, 9.17) is 11.6 Å². The topological polar surface area (TPSA) is 80.3 Å². The van der Waals surface area contributed by atoms with E-state index in [1.807, 2.05) is 0 Å². The molecule has 11 heteroatoms. The van der Waals surface area contributed by atoms with Crippen LogP contribution in [0.4, 0.5) is 18.9 Å². The lowest BCUT2D eigenvalue weighted by molar-refractivity contribution is -0.154. The molecule has 0 spiro atoms. The number of anilines is 1. The van der Waals surface area contributed by atoms with Gasteiger partial charge in [-0.15, -0.1) is 0 Å². The standard InChI is InChI=1S/C17H14BrClF3N3O3/c18-11-1-3-12(4-2-11)25-14(26)5-6-23-15(27)10-7-13(19)16(24-8-10)28-9-17(20,21)22/h1-4,7-8H,5-6,9H2,(H,23,27)(H,25,26). The average molecular weight is 481 g/mol. The Kier molecular flexibility index (Phi) is 7.64. The van der Waals surface area contributed by atoms with Crippen LogP contribution in [0.5, 0.6) is 5.88 Å². The first-order valence-corrected chi connectivity index (χ1v) is 9.00. The van der Waals surface area contributed by atoms with Crippen molar-refractivity contribution in [3.05, 3.63) is 51.6 Å². The molecule has 2 amide bonds. The molecule has 1 aromatic heterocycles. The van der Waals surface area contributed by atoms with E-state index in [0.717, 1.165) is 16.7 Å². The third kappa shape index (κ3) is 7.35. The fourth-order valence-corrected chi connectivity index (χ4v) is 2.44. The monoisotopic (exact) mass is 479 g/mol. The Morgan fingerprint density at radius 3 is 2.50 bits per heavy atom. The number of nitrogens with zero attached hydrogens (tertiary/aromatic N) is 1. The van der Waals surface area contributed by atoms with E-state index in [2.05, 4.69) is 36.3 Å². The van der Waals surface area contributed by atoms with E-state index >= 15 is 0 Å². The van der Waals surface area contributed by atoms with Crippen molar-refractivity contribution >= 4 is 45.0 Å². The minimum atomic E-state index is -4.53. The van der Waals surface area contributed by atoms with Gasteiger partial charge in [0.1, 0.15) is 5.02 Å². The Hall–Kier alpha value is -2.33. The highest BCUT2D eigenvalue weighted by atomic mass is 79.9. The van der Waals surface area contributed by atoms with Gasteiger partial charge in [0.2, 0.25) is 11.8 Å². The molecule has 0 aliphatic rings. The Morgan fingerprint density at radius 2 is 1.89 bits per heavy atom. The van der Waals surface area contributed by atoms with Gasteiger partial charge in [-0.3, -0.25) is 9.59 Å². The number of benzene rings is 1. The van der Waals surface area contributed by atoms with E-state index in [1.54, 1.807) is 24.3 Å². The van der Waals surface area contributed by atoms with Crippen molar-refractivity contribution in [2.45, 2.75) is 12.6 Å². The quantitative estimate of drug-likeness (QED) is 0.623. The molecule has 0 bridgehead atoms. The zero-order chi connectivity index (χ0) is 20.7. The first-order chi connectivity index (χ1) is 13.1. The molecule has 0 radical (unpaired) electrons. The van der Waals surface area contributed by atoms with Crippen LogP contribution in [0.2, 0.25) is 5.02 Å². The number of amides is 2. The fraction of sp³-hybridized carbons (Fsp3) is 0.235. The predicted octanol–water partition coefficient (Wildman–Crippen LogP) is 4.20. The molecule has 0 atom stereocenters. The lowest BCUT2D eigenvalue weighted by atomic mass is 10.2. The highest BCUT2D eigenvalue weighted by molar-refractivity contribution is 9.10. The minimum absolute atomic E-state index is 0.0236. The summed E-state index contributed by atoms with van der Waals surface area (Å²) in [4.78, 5) is 27.5. The van der Waals surface area contributed by atoms with Gasteiger partial charge in [0.05, 0.1) is 5.56 Å². The van der Waals surface area contributed by atoms with Crippen LogP contribution in [-0.2, 0) is 4.79 Å². The maximum absolute atomic E-state index is 12.1. The molecule has 1 aromatic carbocycles. The summed E-state index contributed by atoms with van der Waals surface area (Å²) in [6.07, 6.45) is -3.47. The second kappa shape index (κ2) is 9.74. The summed E-state index contributed by atoms with van der Waals surface area (Å²) in [6, 6.07) is 8.12. The Labute approximate surface area is 171 Å². The van der Waals surface area contributed by atoms with Crippen molar-refractivity contribution in [1.82, 2.24) is 10.3 Å². The fourth-order valence-electron chi connectivity index (χ4n) is 1.95. The van der Waals surface area contributed by atoms with Crippen molar-refractivity contribution in [3.8, 4) is 5.88 Å². The third-order valence-corrected chi connectivity index (χ3v) is 4.01. The Balaban J connectivity index is 1.81. The van der Waals surface area contributed by atoms with Gasteiger partial charge in [0.25, 0.3) is 5.91 Å². The van der Waals surface area contributed by atoms with Crippen LogP contribution < -0.4 is 15.4 Å². The van der Waals surface area contributed by atoms with Crippen LogP contribution in [-0.4, -0.2) is 36.1 Å². The molecular formula is C17H14BrClF3N3O3. The molecule has 150 valence electrons. The molecule has 6 nitrogen and oxygen atoms in total. The van der Waals surface area contributed by atoms with E-state index < -0.39 is 24.6 Å². The van der Waals surface area contributed by atoms with Gasteiger partial charge in [-0.2, -0.15) is 13.2 Å². The number of halogens is 5. The Morgan fingerprint density at radius 1 is 1.21 bits per heavy atom. The maximum atomic E-state index is 12.1. The Bertz CT molecular complexity index is 848. The van der Waals surface area contributed by atoms with Gasteiger partial charge >= 0.3 is 6.18 Å². The van der Waals surface area contributed by atoms with E-state index in [9.17, 15) is 22.8 Å². The highest BCUT2D eigenvalue weighted by Crippen LogP contribution is 2.25. The van der Waals surface area contributed by atoms with Crippen LogP contribution in [0.3, 0.4) is 0 Å². The lowest BCUT2D eigenvalue weighted by Crippen LogP contribution is -2.27. The van der Waals surface area contributed by atoms with Crippen molar-refractivity contribution in [3.63, 3.8) is 0 Å². The zero-order valence-electron chi connectivity index (χ0n) is 14.1. The molecule has 0 saturated heterocycles. The number of rotatable bonds is 7. The number of aromatic nitrogens is 1. The number of hydrogen-bond donors (Lipinski definition) is 2. The largest absolute Gasteiger partial charge is 0.467 e. The lowest BCUT2D eigenvalue weighted by Gasteiger charge is -2.10. The molecule has 2 N–H and O–H groups in total. The first-order valence-electron chi connectivity index (χ1n) is 7.83. The summed E-state index contributed by atoms with van der Waals surface area (Å²) in [5, 5.41) is 4.94. The number of carbonyl (C=O) groups excluding carboxylic acids is 2. The summed E-state index contributed by atoms with van der Waals surface area (Å²) in [5.74, 6) is -1.30. The number of carbonyl (C=O) groups is 2. The molecule has 2 aromatic rings. The third-order valence-electron chi connectivity index (χ3n) is 3.21. The number of nitrogens with one attached hydrogen (secondary N) is 2. The second-order valence-electron chi connectivity index (χ2n) is 5.48. The van der Waals surface area contributed by atoms with Crippen LogP contribution in [0.1, 0.15) is 16.8 Å². The van der Waals surface area contributed by atoms with Gasteiger partial charge in [0, 0.05) is 29.3 Å². The van der Waals surface area contributed by atoms with Gasteiger partial charge in [-0.1, -0.05) is 27.5 Å². The molecule has 1 heterocycles. The predicted molar refractivity (Wildman–Crippen MR) is 101 cm³/mol.